The first kappa shape index (κ1) is 8.35. The Hall–Kier alpha value is 1.25. The molecule has 1 aliphatic heterocycles. The predicted octanol–water partition coefficient (Wildman–Crippen LogP) is 2.89. The molecule has 1 nitrogen and oxygen atoms in total. The van der Waals surface area contributed by atoms with Gasteiger partial charge < -0.3 is 5.11 Å². The van der Waals surface area contributed by atoms with Gasteiger partial charge in [0.2, 0.25) is 0 Å². The van der Waals surface area contributed by atoms with Crippen LogP contribution in [0.15, 0.2) is 22.5 Å². The molecule has 0 aromatic carbocycles. The van der Waals surface area contributed by atoms with Gasteiger partial charge in [0, 0.05) is 4.91 Å². The van der Waals surface area contributed by atoms with E-state index in [4.69, 9.17) is 5.11 Å². The van der Waals surface area contributed by atoms with Gasteiger partial charge in [-0.1, -0.05) is 10.4 Å². The summed E-state index contributed by atoms with van der Waals surface area (Å²) in [5, 5.41) is 11.0. The van der Waals surface area contributed by atoms with Crippen molar-refractivity contribution in [2.45, 2.75) is 0 Å². The summed E-state index contributed by atoms with van der Waals surface area (Å²) >= 11 is 4.77. The number of aliphatic hydroxyl groups excluding tert-OH is 1. The topological polar surface area (TPSA) is 20.2 Å². The lowest BCUT2D eigenvalue weighted by Crippen LogP contribution is -1.86. The smallest absolute Gasteiger partial charge is 0.0742 e. The molecule has 0 spiro atoms. The van der Waals surface area contributed by atoms with Crippen LogP contribution in [0, 0.1) is 0 Å². The summed E-state index contributed by atoms with van der Waals surface area (Å²) in [5.41, 5.74) is 0. The Balaban J connectivity index is 2.78. The van der Waals surface area contributed by atoms with Gasteiger partial charge in [-0.3, -0.25) is 0 Å². The van der Waals surface area contributed by atoms with Crippen LogP contribution in [-0.2, 0) is 0 Å². The monoisotopic (exact) mass is 368 g/mol. The highest BCUT2D eigenvalue weighted by Gasteiger charge is 2.20. The number of aliphatic hydroxyl groups is 1. The van der Waals surface area contributed by atoms with E-state index >= 15 is 0 Å². The highest BCUT2D eigenvalue weighted by Crippen LogP contribution is 2.72. The van der Waals surface area contributed by atoms with Crippen LogP contribution in [0.25, 0.3) is 0 Å². The van der Waals surface area contributed by atoms with E-state index in [1.165, 1.54) is 0 Å². The first-order chi connectivity index (χ1) is 4.17. The van der Waals surface area contributed by atoms with Gasteiger partial charge in [0.1, 0.15) is 0 Å². The van der Waals surface area contributed by atoms with Gasteiger partial charge >= 0.3 is 0 Å². The Labute approximate surface area is 80.1 Å². The molecule has 0 unspecified atom stereocenters. The number of rotatable bonds is 1. The zero-order valence-electron chi connectivity index (χ0n) is 4.55. The fourth-order valence-electron chi connectivity index (χ4n) is 0.562. The molecule has 0 atom stereocenters. The van der Waals surface area contributed by atoms with Crippen molar-refractivity contribution in [2.75, 3.05) is 6.61 Å². The molecule has 4 heteroatoms. The Morgan fingerprint density at radius 2 is 2.22 bits per heavy atom. The SMILES string of the molecule is OCC1=CC=CS1(I)I. The van der Waals surface area contributed by atoms with Crippen LogP contribution in [0.2, 0.25) is 0 Å². The van der Waals surface area contributed by atoms with Crippen molar-refractivity contribution < 1.29 is 5.11 Å². The predicted molar refractivity (Wildman–Crippen MR) is 59.9 cm³/mol. The van der Waals surface area contributed by atoms with Crippen LogP contribution in [0.4, 0.5) is 0 Å². The van der Waals surface area contributed by atoms with Crippen LogP contribution >= 0.6 is 46.8 Å². The van der Waals surface area contributed by atoms with Crippen LogP contribution < -0.4 is 0 Å². The summed E-state index contributed by atoms with van der Waals surface area (Å²) in [4.78, 5) is 1.16. The van der Waals surface area contributed by atoms with Crippen molar-refractivity contribution in [3.8, 4) is 0 Å². The molecule has 0 amide bonds. The Morgan fingerprint density at radius 1 is 1.56 bits per heavy atom. The maximum absolute atomic E-state index is 8.80. The van der Waals surface area contributed by atoms with Crippen molar-refractivity contribution in [3.63, 3.8) is 0 Å². The third-order valence-corrected chi connectivity index (χ3v) is 7.66. The molecular formula is C5H6I2OS. The molecule has 0 bridgehead atoms. The molecule has 1 heterocycles. The number of hydrogen-bond donors (Lipinski definition) is 1. The van der Waals surface area contributed by atoms with E-state index in [2.05, 4.69) is 47.8 Å². The van der Waals surface area contributed by atoms with Gasteiger partial charge in [0.05, 0.1) is 6.61 Å². The average molecular weight is 368 g/mol. The fraction of sp³-hybridized carbons (Fsp3) is 0.200. The number of allylic oxidation sites excluding steroid dienone is 2. The van der Waals surface area contributed by atoms with E-state index in [0.29, 0.717) is 0 Å². The van der Waals surface area contributed by atoms with E-state index in [-0.39, 0.29) is 6.61 Å². The van der Waals surface area contributed by atoms with E-state index in [1.54, 1.807) is 0 Å². The van der Waals surface area contributed by atoms with Crippen LogP contribution in [0.5, 0.6) is 0 Å². The van der Waals surface area contributed by atoms with Crippen molar-refractivity contribution >= 4 is 46.8 Å². The lowest BCUT2D eigenvalue weighted by Gasteiger charge is -2.19. The van der Waals surface area contributed by atoms with Crippen molar-refractivity contribution in [2.24, 2.45) is 0 Å². The van der Waals surface area contributed by atoms with Gasteiger partial charge in [-0.25, -0.2) is 0 Å². The van der Waals surface area contributed by atoms with Gasteiger partial charge in [-0.15, -0.1) is 0 Å². The minimum Gasteiger partial charge on any atom is -0.391 e. The van der Waals surface area contributed by atoms with Gasteiger partial charge in [0.15, 0.2) is 0 Å². The van der Waals surface area contributed by atoms with Crippen LogP contribution in [0.1, 0.15) is 0 Å². The molecule has 0 saturated heterocycles. The highest BCUT2D eigenvalue weighted by atomic mass is 127. The molecule has 0 saturated carbocycles. The Bertz CT molecular complexity index is 174. The highest BCUT2D eigenvalue weighted by molar-refractivity contribution is 14.3. The molecule has 0 aliphatic carbocycles. The summed E-state index contributed by atoms with van der Waals surface area (Å²) < 4.78 is -0.767. The van der Waals surface area contributed by atoms with E-state index < -0.39 is 4.37 Å². The summed E-state index contributed by atoms with van der Waals surface area (Å²) in [7, 11) is 0. The van der Waals surface area contributed by atoms with Crippen LogP contribution in [0.3, 0.4) is 0 Å². The summed E-state index contributed by atoms with van der Waals surface area (Å²) in [6.45, 7) is 0.203. The third kappa shape index (κ3) is 1.84. The fourth-order valence-corrected chi connectivity index (χ4v) is 4.18. The second-order valence-electron chi connectivity index (χ2n) is 1.63. The molecule has 1 aliphatic rings. The minimum absolute atomic E-state index is 0.203. The standard InChI is InChI=1S/C5H6I2OS/c6-9(7)3-1-2-5(9)4-8/h1-3,8H,4H2. The van der Waals surface area contributed by atoms with Crippen LogP contribution in [-0.4, -0.2) is 11.7 Å². The second kappa shape index (κ2) is 3.10. The van der Waals surface area contributed by atoms with E-state index in [0.717, 1.165) is 4.91 Å². The summed E-state index contributed by atoms with van der Waals surface area (Å²) in [6.07, 6.45) is 4.01. The molecule has 0 radical (unpaired) electrons. The number of halogens is 2. The largest absolute Gasteiger partial charge is 0.391 e. The molecular weight excluding hydrogens is 362 g/mol. The maximum Gasteiger partial charge on any atom is 0.0742 e. The minimum atomic E-state index is -0.767. The molecule has 52 valence electrons. The van der Waals surface area contributed by atoms with Crippen molar-refractivity contribution in [1.82, 2.24) is 0 Å². The second-order valence-corrected chi connectivity index (χ2v) is 16.8. The lowest BCUT2D eigenvalue weighted by atomic mass is 10.5. The first-order valence-electron chi connectivity index (χ1n) is 2.37. The lowest BCUT2D eigenvalue weighted by molar-refractivity contribution is 0.339. The molecule has 1 rings (SSSR count). The normalized spacial score (nSPS) is 25.9. The van der Waals surface area contributed by atoms with Gasteiger partial charge in [-0.2, -0.15) is 0 Å². The Morgan fingerprint density at radius 3 is 2.44 bits per heavy atom. The average Bonchev–Trinajstić information content (AvgIpc) is 2.08. The molecule has 1 N–H and O–H groups in total. The Kier molecular flexibility index (Phi) is 2.88. The quantitative estimate of drug-likeness (QED) is 0.706. The molecule has 0 aromatic heterocycles. The zero-order valence-corrected chi connectivity index (χ0v) is 9.68. The first-order valence-corrected chi connectivity index (χ1v) is 9.16. The molecule has 9 heavy (non-hydrogen) atoms. The van der Waals surface area contributed by atoms with Gasteiger partial charge in [-0.05, 0) is 53.9 Å². The van der Waals surface area contributed by atoms with Crippen molar-refractivity contribution in [1.29, 1.82) is 0 Å². The third-order valence-electron chi connectivity index (χ3n) is 1.04. The van der Waals surface area contributed by atoms with Gasteiger partial charge in [0.25, 0.3) is 0 Å². The molecule has 0 aromatic rings. The zero-order chi connectivity index (χ0) is 6.91. The van der Waals surface area contributed by atoms with E-state index in [9.17, 15) is 0 Å². The summed E-state index contributed by atoms with van der Waals surface area (Å²) in [5.74, 6) is 0. The number of hydrogen-bond acceptors (Lipinski definition) is 1. The summed E-state index contributed by atoms with van der Waals surface area (Å²) in [6, 6.07) is 0. The van der Waals surface area contributed by atoms with E-state index in [1.807, 2.05) is 12.2 Å². The van der Waals surface area contributed by atoms with Crippen molar-refractivity contribution in [3.05, 3.63) is 22.5 Å². The maximum atomic E-state index is 8.80. The molecule has 0 fully saturated rings.